The molecule has 4 nitrogen and oxygen atoms in total. The molecule has 110 valence electrons. The molecule has 20 heavy (non-hydrogen) atoms. The van der Waals surface area contributed by atoms with Crippen LogP contribution in [-0.4, -0.2) is 54.1 Å². The molecule has 1 atom stereocenters. The lowest BCUT2D eigenvalue weighted by Gasteiger charge is -2.39. The van der Waals surface area contributed by atoms with Gasteiger partial charge in [0.05, 0.1) is 0 Å². The highest BCUT2D eigenvalue weighted by Crippen LogP contribution is 2.30. The fraction of sp³-hybridized carbons (Fsp3) is 0.688. The van der Waals surface area contributed by atoms with Crippen LogP contribution in [0.1, 0.15) is 30.1 Å². The number of rotatable bonds is 5. The number of aryl methyl sites for hydroxylation is 1. The van der Waals surface area contributed by atoms with Gasteiger partial charge in [-0.05, 0) is 37.3 Å². The van der Waals surface area contributed by atoms with E-state index < -0.39 is 0 Å². The van der Waals surface area contributed by atoms with Gasteiger partial charge in [0, 0.05) is 57.2 Å². The molecule has 2 aliphatic rings. The molecule has 1 aliphatic heterocycles. The molecule has 1 unspecified atom stereocenters. The van der Waals surface area contributed by atoms with Crippen molar-refractivity contribution in [3.05, 3.63) is 29.6 Å². The van der Waals surface area contributed by atoms with Crippen LogP contribution in [0, 0.1) is 12.8 Å². The lowest BCUT2D eigenvalue weighted by molar-refractivity contribution is 0.0954. The summed E-state index contributed by atoms with van der Waals surface area (Å²) in [7, 11) is 0. The number of piperazine rings is 1. The van der Waals surface area contributed by atoms with Crippen molar-refractivity contribution in [2.45, 2.75) is 25.8 Å². The van der Waals surface area contributed by atoms with E-state index in [1.54, 1.807) is 0 Å². The maximum absolute atomic E-state index is 6.02. The Bertz CT molecular complexity index is 419. The molecule has 2 N–H and O–H groups in total. The first-order chi connectivity index (χ1) is 9.76. The summed E-state index contributed by atoms with van der Waals surface area (Å²) in [6, 6.07) is 4.59. The summed E-state index contributed by atoms with van der Waals surface area (Å²) < 4.78 is 0. The van der Waals surface area contributed by atoms with Crippen molar-refractivity contribution in [1.82, 2.24) is 14.8 Å². The van der Waals surface area contributed by atoms with Gasteiger partial charge < -0.3 is 10.6 Å². The van der Waals surface area contributed by atoms with Crippen LogP contribution in [0.3, 0.4) is 0 Å². The van der Waals surface area contributed by atoms with E-state index in [4.69, 9.17) is 5.73 Å². The van der Waals surface area contributed by atoms with E-state index in [0.29, 0.717) is 12.6 Å². The molecular weight excluding hydrogens is 248 g/mol. The molecule has 1 saturated heterocycles. The normalized spacial score (nSPS) is 22.9. The molecule has 1 aromatic heterocycles. The van der Waals surface area contributed by atoms with Crippen molar-refractivity contribution >= 4 is 0 Å². The molecule has 3 rings (SSSR count). The SMILES string of the molecule is Cc1ccc(C(CN)N2CCN(CC3CC3)CC2)cn1. The van der Waals surface area contributed by atoms with Gasteiger partial charge in [0.1, 0.15) is 0 Å². The average molecular weight is 274 g/mol. The summed E-state index contributed by atoms with van der Waals surface area (Å²) >= 11 is 0. The second kappa shape index (κ2) is 6.20. The van der Waals surface area contributed by atoms with Gasteiger partial charge in [-0.1, -0.05) is 6.07 Å². The van der Waals surface area contributed by atoms with E-state index in [1.807, 2.05) is 13.1 Å². The molecule has 0 aromatic carbocycles. The van der Waals surface area contributed by atoms with Gasteiger partial charge in [-0.2, -0.15) is 0 Å². The van der Waals surface area contributed by atoms with E-state index in [2.05, 4.69) is 26.9 Å². The smallest absolute Gasteiger partial charge is 0.0486 e. The zero-order valence-corrected chi connectivity index (χ0v) is 12.5. The minimum absolute atomic E-state index is 0.325. The Morgan fingerprint density at radius 2 is 2.00 bits per heavy atom. The van der Waals surface area contributed by atoms with Gasteiger partial charge in [-0.15, -0.1) is 0 Å². The van der Waals surface area contributed by atoms with E-state index in [-0.39, 0.29) is 0 Å². The van der Waals surface area contributed by atoms with E-state index in [1.165, 1.54) is 38.0 Å². The predicted octanol–water partition coefficient (Wildman–Crippen LogP) is 1.42. The molecule has 1 aliphatic carbocycles. The predicted molar refractivity (Wildman–Crippen MR) is 81.5 cm³/mol. The Labute approximate surface area is 122 Å². The highest BCUT2D eigenvalue weighted by atomic mass is 15.3. The molecule has 4 heteroatoms. The molecule has 0 amide bonds. The third kappa shape index (κ3) is 3.37. The number of nitrogens with two attached hydrogens (primary N) is 1. The summed E-state index contributed by atoms with van der Waals surface area (Å²) in [6.45, 7) is 8.64. The number of pyridine rings is 1. The highest BCUT2D eigenvalue weighted by Gasteiger charge is 2.28. The van der Waals surface area contributed by atoms with Crippen LogP contribution >= 0.6 is 0 Å². The van der Waals surface area contributed by atoms with Gasteiger partial charge in [0.2, 0.25) is 0 Å². The average Bonchev–Trinajstić information content (AvgIpc) is 3.27. The quantitative estimate of drug-likeness (QED) is 0.882. The van der Waals surface area contributed by atoms with E-state index >= 15 is 0 Å². The number of aromatic nitrogens is 1. The van der Waals surface area contributed by atoms with Gasteiger partial charge in [0.25, 0.3) is 0 Å². The molecule has 0 spiro atoms. The number of hydrogen-bond donors (Lipinski definition) is 1. The van der Waals surface area contributed by atoms with E-state index in [9.17, 15) is 0 Å². The summed E-state index contributed by atoms with van der Waals surface area (Å²) in [4.78, 5) is 9.56. The Kier molecular flexibility index (Phi) is 4.34. The zero-order valence-electron chi connectivity index (χ0n) is 12.5. The van der Waals surface area contributed by atoms with Crippen molar-refractivity contribution in [1.29, 1.82) is 0 Å². The molecule has 0 bridgehead atoms. The minimum Gasteiger partial charge on any atom is -0.329 e. The maximum Gasteiger partial charge on any atom is 0.0486 e. The summed E-state index contributed by atoms with van der Waals surface area (Å²) in [5, 5.41) is 0. The fourth-order valence-electron chi connectivity index (χ4n) is 3.10. The first-order valence-corrected chi connectivity index (χ1v) is 7.85. The standard InChI is InChI=1S/C16H26N4/c1-13-2-5-15(11-18-13)16(10-17)20-8-6-19(7-9-20)12-14-3-4-14/h2,5,11,14,16H,3-4,6-10,12,17H2,1H3. The molecule has 0 radical (unpaired) electrons. The molecule has 2 heterocycles. The largest absolute Gasteiger partial charge is 0.329 e. The van der Waals surface area contributed by atoms with Crippen molar-refractivity contribution < 1.29 is 0 Å². The van der Waals surface area contributed by atoms with Gasteiger partial charge >= 0.3 is 0 Å². The number of nitrogens with zero attached hydrogens (tertiary/aromatic N) is 3. The topological polar surface area (TPSA) is 45.4 Å². The second-order valence-corrected chi connectivity index (χ2v) is 6.26. The second-order valence-electron chi connectivity index (χ2n) is 6.26. The summed E-state index contributed by atoms with van der Waals surface area (Å²) in [5.41, 5.74) is 8.34. The van der Waals surface area contributed by atoms with Crippen LogP contribution in [0.5, 0.6) is 0 Å². The van der Waals surface area contributed by atoms with Crippen LogP contribution in [0.2, 0.25) is 0 Å². The Balaban J connectivity index is 1.58. The van der Waals surface area contributed by atoms with Crippen molar-refractivity contribution in [3.8, 4) is 0 Å². The van der Waals surface area contributed by atoms with Crippen molar-refractivity contribution in [2.75, 3.05) is 39.3 Å². The van der Waals surface area contributed by atoms with Gasteiger partial charge in [0.15, 0.2) is 0 Å². The monoisotopic (exact) mass is 274 g/mol. The Hall–Kier alpha value is -0.970. The van der Waals surface area contributed by atoms with Crippen molar-refractivity contribution in [2.24, 2.45) is 11.7 Å². The van der Waals surface area contributed by atoms with Gasteiger partial charge in [-0.3, -0.25) is 9.88 Å². The summed E-state index contributed by atoms with van der Waals surface area (Å²) in [5.74, 6) is 0.994. The van der Waals surface area contributed by atoms with Crippen molar-refractivity contribution in [3.63, 3.8) is 0 Å². The number of hydrogen-bond acceptors (Lipinski definition) is 4. The Morgan fingerprint density at radius 1 is 1.25 bits per heavy atom. The van der Waals surface area contributed by atoms with Crippen LogP contribution in [0.15, 0.2) is 18.3 Å². The third-order valence-electron chi connectivity index (χ3n) is 4.60. The molecule has 2 fully saturated rings. The third-order valence-corrected chi connectivity index (χ3v) is 4.60. The molecule has 1 aromatic rings. The highest BCUT2D eigenvalue weighted by molar-refractivity contribution is 5.18. The minimum atomic E-state index is 0.325. The zero-order chi connectivity index (χ0) is 13.9. The fourth-order valence-corrected chi connectivity index (χ4v) is 3.10. The van der Waals surface area contributed by atoms with Crippen LogP contribution < -0.4 is 5.73 Å². The lowest BCUT2D eigenvalue weighted by Crippen LogP contribution is -2.49. The Morgan fingerprint density at radius 3 is 2.55 bits per heavy atom. The maximum atomic E-state index is 6.02. The van der Waals surface area contributed by atoms with Gasteiger partial charge in [-0.25, -0.2) is 0 Å². The molecule has 1 saturated carbocycles. The summed E-state index contributed by atoms with van der Waals surface area (Å²) in [6.07, 6.45) is 4.88. The van der Waals surface area contributed by atoms with E-state index in [0.717, 1.165) is 24.7 Å². The van der Waals surface area contributed by atoms with Crippen LogP contribution in [-0.2, 0) is 0 Å². The van der Waals surface area contributed by atoms with Crippen LogP contribution in [0.25, 0.3) is 0 Å². The lowest BCUT2D eigenvalue weighted by atomic mass is 10.1. The first-order valence-electron chi connectivity index (χ1n) is 7.85. The molecular formula is C16H26N4. The van der Waals surface area contributed by atoms with Crippen LogP contribution in [0.4, 0.5) is 0 Å². The first kappa shape index (κ1) is 14.0.